The molecule has 0 saturated heterocycles. The second-order valence-electron chi connectivity index (χ2n) is 13.0. The van der Waals surface area contributed by atoms with Crippen molar-refractivity contribution < 1.29 is 0 Å². The van der Waals surface area contributed by atoms with Gasteiger partial charge in [0.25, 0.3) is 0 Å². The van der Waals surface area contributed by atoms with E-state index in [2.05, 4.69) is 172 Å². The molecule has 2 aliphatic rings. The first-order chi connectivity index (χ1) is 20.9. The summed E-state index contributed by atoms with van der Waals surface area (Å²) in [6.45, 7) is 9.53. The Morgan fingerprint density at radius 2 is 0.930 bits per heavy atom. The van der Waals surface area contributed by atoms with E-state index >= 15 is 0 Å². The smallest absolute Gasteiger partial charge is 0.0543 e. The number of hydrogen-bond acceptors (Lipinski definition) is 1. The Hall–Kier alpha value is -4.88. The van der Waals surface area contributed by atoms with E-state index in [0.29, 0.717) is 0 Å². The van der Waals surface area contributed by atoms with E-state index in [9.17, 15) is 0 Å². The molecule has 0 amide bonds. The molecule has 6 aromatic rings. The molecule has 0 heterocycles. The molecule has 1 nitrogen and oxygen atoms in total. The number of nitrogens with zero attached hydrogens (tertiary/aromatic N) is 1. The molecule has 0 aromatic heterocycles. The standard InChI is InChI=1S/C42H35N/c1-41(2)35-19-12-11-18-32(35)33-26-38-34(27-37(33)41)40-36(42(38,3)4)20-13-21-39(40)43(30-16-9-6-10-17-30)31-24-22-29(23-25-31)28-14-7-5-8-15-28/h5-27H,1-4H3. The van der Waals surface area contributed by atoms with Gasteiger partial charge in [0.15, 0.2) is 0 Å². The topological polar surface area (TPSA) is 3.24 Å². The SMILES string of the molecule is CC1(C)c2ccccc2-c2cc3c(cc21)-c1c(N(c2ccccc2)c2ccc(-c4ccccc4)cc2)cccc1C3(C)C. The van der Waals surface area contributed by atoms with Gasteiger partial charge in [-0.25, -0.2) is 0 Å². The van der Waals surface area contributed by atoms with Crippen LogP contribution >= 0.6 is 0 Å². The average Bonchev–Trinajstić information content (AvgIpc) is 3.41. The molecular formula is C42H35N. The Bertz CT molecular complexity index is 2000. The molecule has 8 rings (SSSR count). The fourth-order valence-electron chi connectivity index (χ4n) is 7.58. The number of anilines is 3. The van der Waals surface area contributed by atoms with E-state index in [-0.39, 0.29) is 10.8 Å². The minimum atomic E-state index is -0.114. The lowest BCUT2D eigenvalue weighted by molar-refractivity contribution is 0.652. The zero-order valence-corrected chi connectivity index (χ0v) is 25.2. The van der Waals surface area contributed by atoms with Gasteiger partial charge in [-0.15, -0.1) is 0 Å². The number of hydrogen-bond donors (Lipinski definition) is 0. The largest absolute Gasteiger partial charge is 0.310 e. The van der Waals surface area contributed by atoms with Crippen LogP contribution in [0.3, 0.4) is 0 Å². The molecule has 6 aromatic carbocycles. The highest BCUT2D eigenvalue weighted by Crippen LogP contribution is 2.58. The van der Waals surface area contributed by atoms with E-state index in [4.69, 9.17) is 0 Å². The van der Waals surface area contributed by atoms with Crippen molar-refractivity contribution in [2.24, 2.45) is 0 Å². The minimum Gasteiger partial charge on any atom is -0.310 e. The maximum atomic E-state index is 2.52. The van der Waals surface area contributed by atoms with Gasteiger partial charge in [0.1, 0.15) is 0 Å². The summed E-state index contributed by atoms with van der Waals surface area (Å²) in [5, 5.41) is 0. The second-order valence-corrected chi connectivity index (χ2v) is 13.0. The number of para-hydroxylation sites is 1. The predicted molar refractivity (Wildman–Crippen MR) is 182 cm³/mol. The molecule has 0 fully saturated rings. The Morgan fingerprint density at radius 1 is 0.395 bits per heavy atom. The summed E-state index contributed by atoms with van der Waals surface area (Å²) in [5.41, 5.74) is 16.9. The van der Waals surface area contributed by atoms with Crippen molar-refractivity contribution in [2.75, 3.05) is 4.90 Å². The van der Waals surface area contributed by atoms with Gasteiger partial charge in [-0.2, -0.15) is 0 Å². The Balaban J connectivity index is 1.35. The maximum Gasteiger partial charge on any atom is 0.0543 e. The molecule has 208 valence electrons. The summed E-state index contributed by atoms with van der Waals surface area (Å²) in [7, 11) is 0. The van der Waals surface area contributed by atoms with Gasteiger partial charge >= 0.3 is 0 Å². The fraction of sp³-hybridized carbons (Fsp3) is 0.143. The van der Waals surface area contributed by atoms with Gasteiger partial charge in [0.05, 0.1) is 5.69 Å². The van der Waals surface area contributed by atoms with Gasteiger partial charge in [-0.1, -0.05) is 125 Å². The summed E-state index contributed by atoms with van der Waals surface area (Å²) in [6, 6.07) is 51.3. The molecular weight excluding hydrogens is 518 g/mol. The van der Waals surface area contributed by atoms with E-state index in [0.717, 1.165) is 11.4 Å². The lowest BCUT2D eigenvalue weighted by atomic mass is 9.79. The molecule has 0 N–H and O–H groups in total. The summed E-state index contributed by atoms with van der Waals surface area (Å²) in [5.74, 6) is 0. The van der Waals surface area contributed by atoms with Crippen LogP contribution in [0.2, 0.25) is 0 Å². The van der Waals surface area contributed by atoms with E-state index in [1.165, 1.54) is 61.3 Å². The molecule has 1 heteroatoms. The Kier molecular flexibility index (Phi) is 5.59. The van der Waals surface area contributed by atoms with Gasteiger partial charge in [0, 0.05) is 27.8 Å². The van der Waals surface area contributed by atoms with Crippen LogP contribution in [0.25, 0.3) is 33.4 Å². The van der Waals surface area contributed by atoms with Crippen molar-refractivity contribution in [2.45, 2.75) is 38.5 Å². The van der Waals surface area contributed by atoms with Crippen molar-refractivity contribution in [3.05, 3.63) is 162 Å². The van der Waals surface area contributed by atoms with Gasteiger partial charge in [-0.3, -0.25) is 0 Å². The normalized spacial score (nSPS) is 14.9. The summed E-state index contributed by atoms with van der Waals surface area (Å²) >= 11 is 0. The van der Waals surface area contributed by atoms with Gasteiger partial charge < -0.3 is 4.90 Å². The number of benzene rings is 6. The van der Waals surface area contributed by atoms with Crippen LogP contribution < -0.4 is 4.90 Å². The van der Waals surface area contributed by atoms with Crippen LogP contribution in [0.1, 0.15) is 49.9 Å². The fourth-order valence-corrected chi connectivity index (χ4v) is 7.58. The Morgan fingerprint density at radius 3 is 1.67 bits per heavy atom. The molecule has 2 aliphatic carbocycles. The number of fused-ring (bicyclic) bond motifs is 6. The second kappa shape index (κ2) is 9.31. The minimum absolute atomic E-state index is 0.0464. The Labute approximate surface area is 255 Å². The van der Waals surface area contributed by atoms with Crippen LogP contribution in [0.15, 0.2) is 140 Å². The molecule has 0 unspecified atom stereocenters. The zero-order chi connectivity index (χ0) is 29.3. The van der Waals surface area contributed by atoms with Crippen LogP contribution in [0, 0.1) is 0 Å². The third kappa shape index (κ3) is 3.78. The van der Waals surface area contributed by atoms with Crippen molar-refractivity contribution in [1.29, 1.82) is 0 Å². The average molecular weight is 554 g/mol. The lowest BCUT2D eigenvalue weighted by Crippen LogP contribution is -2.17. The summed E-state index contributed by atoms with van der Waals surface area (Å²) in [4.78, 5) is 2.44. The van der Waals surface area contributed by atoms with Crippen molar-refractivity contribution >= 4 is 17.1 Å². The summed E-state index contributed by atoms with van der Waals surface area (Å²) in [6.07, 6.45) is 0. The number of rotatable bonds is 4. The van der Waals surface area contributed by atoms with E-state index in [1.807, 2.05) is 0 Å². The summed E-state index contributed by atoms with van der Waals surface area (Å²) < 4.78 is 0. The molecule has 0 saturated carbocycles. The van der Waals surface area contributed by atoms with Crippen LogP contribution in [-0.4, -0.2) is 0 Å². The molecule has 0 spiro atoms. The molecule has 0 atom stereocenters. The molecule has 0 bridgehead atoms. The maximum absolute atomic E-state index is 2.52. The molecule has 0 aliphatic heterocycles. The van der Waals surface area contributed by atoms with Crippen LogP contribution in [0.4, 0.5) is 17.1 Å². The highest BCUT2D eigenvalue weighted by Gasteiger charge is 2.42. The van der Waals surface area contributed by atoms with Crippen molar-refractivity contribution in [1.82, 2.24) is 0 Å². The van der Waals surface area contributed by atoms with Crippen molar-refractivity contribution in [3.63, 3.8) is 0 Å². The molecule has 43 heavy (non-hydrogen) atoms. The van der Waals surface area contributed by atoms with Gasteiger partial charge in [-0.05, 0) is 92.5 Å². The van der Waals surface area contributed by atoms with Crippen LogP contribution in [0.5, 0.6) is 0 Å². The monoisotopic (exact) mass is 553 g/mol. The first-order valence-electron chi connectivity index (χ1n) is 15.3. The van der Waals surface area contributed by atoms with Gasteiger partial charge in [0.2, 0.25) is 0 Å². The predicted octanol–water partition coefficient (Wildman–Crippen LogP) is 11.4. The third-order valence-corrected chi connectivity index (χ3v) is 9.87. The highest BCUT2D eigenvalue weighted by molar-refractivity contribution is 5.97. The first kappa shape index (κ1) is 25.8. The quantitative estimate of drug-likeness (QED) is 0.210. The molecule has 0 radical (unpaired) electrons. The van der Waals surface area contributed by atoms with Crippen molar-refractivity contribution in [3.8, 4) is 33.4 Å². The lowest BCUT2D eigenvalue weighted by Gasteiger charge is -2.29. The first-order valence-corrected chi connectivity index (χ1v) is 15.3. The van der Waals surface area contributed by atoms with E-state index < -0.39 is 0 Å². The zero-order valence-electron chi connectivity index (χ0n) is 25.2. The highest BCUT2D eigenvalue weighted by atomic mass is 15.1. The van der Waals surface area contributed by atoms with Crippen LogP contribution in [-0.2, 0) is 10.8 Å². The van der Waals surface area contributed by atoms with E-state index in [1.54, 1.807) is 0 Å². The third-order valence-electron chi connectivity index (χ3n) is 9.87.